The number of benzene rings is 4. The minimum absolute atomic E-state index is 0. The highest BCUT2D eigenvalue weighted by Gasteiger charge is 2.17. The second-order valence-electron chi connectivity index (χ2n) is 8.54. The third kappa shape index (κ3) is 13.0. The number of carbonyl (C=O) groups is 2. The van der Waals surface area contributed by atoms with Gasteiger partial charge < -0.3 is 19.3 Å². The Labute approximate surface area is 286 Å². The van der Waals surface area contributed by atoms with Crippen LogP contribution in [-0.4, -0.2) is 43.2 Å². The van der Waals surface area contributed by atoms with Crippen LogP contribution in [0.1, 0.15) is 39.3 Å². The van der Waals surface area contributed by atoms with Crippen LogP contribution in [0.5, 0.6) is 11.5 Å². The van der Waals surface area contributed by atoms with Crippen molar-refractivity contribution < 1.29 is 28.9 Å². The van der Waals surface area contributed by atoms with Crippen molar-refractivity contribution in [2.45, 2.75) is 20.3 Å². The van der Waals surface area contributed by atoms with Gasteiger partial charge in [0.25, 0.3) is 0 Å². The van der Waals surface area contributed by atoms with E-state index >= 15 is 0 Å². The number of ether oxygens (including phenoxy) is 3. The van der Waals surface area contributed by atoms with Gasteiger partial charge in [0.2, 0.25) is 0 Å². The van der Waals surface area contributed by atoms with E-state index in [-0.39, 0.29) is 44.4 Å². The number of methoxy groups -OCH3 is 2. The molecule has 4 rings (SSSR count). The Hall–Kier alpha value is -2.94. The average Bonchev–Trinajstić information content (AvgIpc) is 2.98. The van der Waals surface area contributed by atoms with E-state index < -0.39 is 11.9 Å². The third-order valence-corrected chi connectivity index (χ3v) is 7.14. The first-order valence-corrected chi connectivity index (χ1v) is 15.3. The zero-order valence-electron chi connectivity index (χ0n) is 23.3. The molecule has 1 N–H and O–H groups in total. The van der Waals surface area contributed by atoms with E-state index in [4.69, 9.17) is 56.2 Å². The first-order valence-electron chi connectivity index (χ1n) is 12.7. The maximum absolute atomic E-state index is 11.5. The number of carbonyl (C=O) groups excluding carboxylic acids is 2. The number of phenols is 1. The zero-order chi connectivity index (χ0) is 31.8. The molecule has 6 nitrogen and oxygen atoms in total. The molecule has 0 radical (unpaired) electrons. The molecule has 0 atom stereocenters. The van der Waals surface area contributed by atoms with Crippen molar-refractivity contribution in [3.63, 3.8) is 0 Å². The number of phenolic OH excluding ortho intramolecular Hbond substituents is 1. The van der Waals surface area contributed by atoms with E-state index in [1.165, 1.54) is 37.5 Å². The molecular weight excluding hydrogens is 714 g/mol. The van der Waals surface area contributed by atoms with Crippen LogP contribution in [0.25, 0.3) is 0 Å². The van der Waals surface area contributed by atoms with Crippen LogP contribution in [0.3, 0.4) is 0 Å². The number of rotatable bonds is 8. The lowest BCUT2D eigenvalue weighted by atomic mass is 10.2. The molecule has 0 amide bonds. The van der Waals surface area contributed by atoms with E-state index in [1.807, 2.05) is 36.4 Å². The zero-order valence-corrected chi connectivity index (χ0v) is 27.9. The molecular formula is C33H33BrCl4O6. The molecule has 4 aromatic rings. The lowest BCUT2D eigenvalue weighted by Gasteiger charge is -2.10. The molecule has 4 aromatic carbocycles. The molecule has 0 aliphatic carbocycles. The van der Waals surface area contributed by atoms with Gasteiger partial charge in [-0.05, 0) is 41.8 Å². The highest BCUT2D eigenvalue weighted by molar-refractivity contribution is 9.09. The van der Waals surface area contributed by atoms with Crippen molar-refractivity contribution in [3.05, 3.63) is 127 Å². The molecule has 0 fully saturated rings. The van der Waals surface area contributed by atoms with Gasteiger partial charge in [0.05, 0.1) is 52.0 Å². The Morgan fingerprint density at radius 2 is 1.07 bits per heavy atom. The predicted molar refractivity (Wildman–Crippen MR) is 184 cm³/mol. The molecule has 0 spiro atoms. The van der Waals surface area contributed by atoms with E-state index in [0.29, 0.717) is 12.4 Å². The van der Waals surface area contributed by atoms with Crippen molar-refractivity contribution in [1.82, 2.24) is 0 Å². The van der Waals surface area contributed by atoms with Gasteiger partial charge in [0.1, 0.15) is 11.5 Å². The molecule has 0 aliphatic heterocycles. The van der Waals surface area contributed by atoms with Crippen molar-refractivity contribution in [2.75, 3.05) is 26.2 Å². The lowest BCUT2D eigenvalue weighted by molar-refractivity contribution is 0.0592. The van der Waals surface area contributed by atoms with Crippen LogP contribution >= 0.6 is 62.3 Å². The highest BCUT2D eigenvalue weighted by atomic mass is 79.9. The summed E-state index contributed by atoms with van der Waals surface area (Å²) in [7, 11) is 2.50. The van der Waals surface area contributed by atoms with Crippen LogP contribution in [0.2, 0.25) is 20.1 Å². The average molecular weight is 747 g/mol. The Bertz CT molecular complexity index is 1420. The Balaban J connectivity index is 0.000000359. The van der Waals surface area contributed by atoms with Gasteiger partial charge in [-0.3, -0.25) is 0 Å². The summed E-state index contributed by atoms with van der Waals surface area (Å²) in [6.07, 6.45) is 1.90. The SMILES string of the molecule is BrCCc1ccccc1.C.COC(=O)c1c(Cl)cc(O)cc1Cl.COC(=O)c1c(Cl)cc(OCCc2ccccc2)cc1Cl. The van der Waals surface area contributed by atoms with Crippen molar-refractivity contribution in [3.8, 4) is 11.5 Å². The summed E-state index contributed by atoms with van der Waals surface area (Å²) in [4.78, 5) is 22.6. The highest BCUT2D eigenvalue weighted by Crippen LogP contribution is 2.31. The van der Waals surface area contributed by atoms with E-state index in [2.05, 4.69) is 49.7 Å². The predicted octanol–water partition coefficient (Wildman–Crippen LogP) is 10.1. The summed E-state index contributed by atoms with van der Waals surface area (Å²) in [5.41, 5.74) is 2.79. The van der Waals surface area contributed by atoms with Gasteiger partial charge in [-0.2, -0.15) is 0 Å². The van der Waals surface area contributed by atoms with Crippen LogP contribution in [0, 0.1) is 0 Å². The van der Waals surface area contributed by atoms with E-state index in [1.54, 1.807) is 12.1 Å². The second kappa shape index (κ2) is 20.9. The largest absolute Gasteiger partial charge is 0.508 e. The number of esters is 2. The smallest absolute Gasteiger partial charge is 0.340 e. The Kier molecular flexibility index (Phi) is 18.6. The fourth-order valence-corrected chi connectivity index (χ4v) is 5.18. The second-order valence-corrected chi connectivity index (χ2v) is 11.0. The normalized spacial score (nSPS) is 9.70. The van der Waals surface area contributed by atoms with Gasteiger partial charge >= 0.3 is 11.9 Å². The Morgan fingerprint density at radius 1 is 0.682 bits per heavy atom. The number of hydrogen-bond donors (Lipinski definition) is 1. The molecule has 0 unspecified atom stereocenters. The Morgan fingerprint density at radius 3 is 1.45 bits per heavy atom. The lowest BCUT2D eigenvalue weighted by Crippen LogP contribution is -2.05. The maximum atomic E-state index is 11.5. The van der Waals surface area contributed by atoms with Crippen LogP contribution < -0.4 is 4.74 Å². The molecule has 0 heterocycles. The molecule has 0 aliphatic rings. The summed E-state index contributed by atoms with van der Waals surface area (Å²) in [5, 5.41) is 10.7. The van der Waals surface area contributed by atoms with Crippen molar-refractivity contribution >= 4 is 74.3 Å². The fourth-order valence-electron chi connectivity index (χ4n) is 3.47. The van der Waals surface area contributed by atoms with Crippen molar-refractivity contribution in [1.29, 1.82) is 0 Å². The minimum Gasteiger partial charge on any atom is -0.508 e. The number of halogens is 5. The molecule has 0 saturated heterocycles. The number of alkyl halides is 1. The molecule has 0 saturated carbocycles. The van der Waals surface area contributed by atoms with Crippen LogP contribution in [-0.2, 0) is 22.3 Å². The summed E-state index contributed by atoms with van der Waals surface area (Å²) in [6.45, 7) is 0.494. The van der Waals surface area contributed by atoms with Gasteiger partial charge in [0, 0.05) is 11.8 Å². The number of aromatic hydroxyl groups is 1. The summed E-state index contributed by atoms with van der Waals surface area (Å²) in [5.74, 6) is -0.771. The quantitative estimate of drug-likeness (QED) is 0.143. The van der Waals surface area contributed by atoms with E-state index in [9.17, 15) is 9.59 Å². The van der Waals surface area contributed by atoms with Crippen molar-refractivity contribution in [2.24, 2.45) is 0 Å². The van der Waals surface area contributed by atoms with Crippen LogP contribution in [0.4, 0.5) is 0 Å². The summed E-state index contributed by atoms with van der Waals surface area (Å²) in [6, 6.07) is 26.0. The minimum atomic E-state index is -0.630. The molecule has 0 bridgehead atoms. The monoisotopic (exact) mass is 744 g/mol. The molecule has 11 heteroatoms. The topological polar surface area (TPSA) is 82.1 Å². The van der Waals surface area contributed by atoms with Gasteiger partial charge in [0.15, 0.2) is 0 Å². The van der Waals surface area contributed by atoms with Gasteiger partial charge in [-0.15, -0.1) is 0 Å². The number of aryl methyl sites for hydroxylation is 1. The van der Waals surface area contributed by atoms with Crippen LogP contribution in [0.15, 0.2) is 84.9 Å². The number of hydrogen-bond acceptors (Lipinski definition) is 6. The maximum Gasteiger partial charge on any atom is 0.340 e. The first kappa shape index (κ1) is 39.1. The first-order chi connectivity index (χ1) is 20.6. The third-order valence-electron chi connectivity index (χ3n) is 5.55. The standard InChI is InChI=1S/C16H14Cl2O3.C8H9Br.C8H6Cl2O3.CH4/c1-20-16(19)15-13(17)9-12(10-14(15)18)21-8-7-11-5-3-2-4-6-11;9-7-6-8-4-2-1-3-5-8;1-13-8(12)7-5(9)2-4(11)3-6(7)10;/h2-6,9-10H,7-8H2,1H3;1-5H,6-7H2;2-3,11H,1H3;1H4. The fraction of sp³-hybridized carbons (Fsp3) is 0.212. The van der Waals surface area contributed by atoms with E-state index in [0.717, 1.165) is 18.2 Å². The summed E-state index contributed by atoms with van der Waals surface area (Å²) >= 11 is 26.8. The summed E-state index contributed by atoms with van der Waals surface area (Å²) < 4.78 is 14.7. The molecule has 0 aromatic heterocycles. The van der Waals surface area contributed by atoms with Gasteiger partial charge in [-0.25, -0.2) is 9.59 Å². The molecule has 44 heavy (non-hydrogen) atoms. The van der Waals surface area contributed by atoms with Gasteiger partial charge in [-0.1, -0.05) is 130 Å². The molecule has 236 valence electrons.